The van der Waals surface area contributed by atoms with Crippen LogP contribution in [0.3, 0.4) is 0 Å². The lowest BCUT2D eigenvalue weighted by molar-refractivity contribution is -0.139. The van der Waals surface area contributed by atoms with Crippen molar-refractivity contribution in [3.05, 3.63) is 51.9 Å². The third-order valence-electron chi connectivity index (χ3n) is 5.55. The highest BCUT2D eigenvalue weighted by atomic mass is 32.1. The first-order valence-electron chi connectivity index (χ1n) is 10.3. The number of rotatable bonds is 6. The second kappa shape index (κ2) is 9.23. The summed E-state index contributed by atoms with van der Waals surface area (Å²) in [5, 5.41) is 3.71. The van der Waals surface area contributed by atoms with Crippen LogP contribution in [0.1, 0.15) is 47.8 Å². The van der Waals surface area contributed by atoms with Crippen LogP contribution in [0, 0.1) is 13.8 Å². The third-order valence-corrected chi connectivity index (χ3v) is 7.52. The van der Waals surface area contributed by atoms with Crippen LogP contribution in [-0.2, 0) is 16.1 Å². The van der Waals surface area contributed by atoms with Gasteiger partial charge in [0.1, 0.15) is 16.9 Å². The second-order valence-electron chi connectivity index (χ2n) is 7.77. The van der Waals surface area contributed by atoms with E-state index in [1.54, 1.807) is 16.2 Å². The molecule has 4 rings (SSSR count). The van der Waals surface area contributed by atoms with Gasteiger partial charge < -0.3 is 10.2 Å². The smallest absolute Gasteiger partial charge is 0.243 e. The lowest BCUT2D eigenvalue weighted by atomic mass is 10.1. The molecule has 2 atom stereocenters. The Bertz CT molecular complexity index is 1080. The number of carbonyl (C=O) groups is 2. The molecule has 1 aromatic carbocycles. The molecule has 0 saturated carbocycles. The van der Waals surface area contributed by atoms with Gasteiger partial charge in [0, 0.05) is 13.1 Å². The molecule has 0 radical (unpaired) electrons. The van der Waals surface area contributed by atoms with Crippen LogP contribution in [-0.4, -0.2) is 43.6 Å². The Morgan fingerprint density at radius 2 is 2.03 bits per heavy atom. The maximum Gasteiger partial charge on any atom is 0.243 e. The van der Waals surface area contributed by atoms with Gasteiger partial charge in [-0.15, -0.1) is 11.3 Å². The molecule has 3 heterocycles. The van der Waals surface area contributed by atoms with Crippen molar-refractivity contribution in [2.45, 2.75) is 52.1 Å². The van der Waals surface area contributed by atoms with Crippen molar-refractivity contribution < 1.29 is 9.59 Å². The second-order valence-corrected chi connectivity index (χ2v) is 9.41. The van der Waals surface area contributed by atoms with Crippen molar-refractivity contribution in [3.63, 3.8) is 0 Å². The fraction of sp³-hybridized carbons (Fsp3) is 0.409. The number of aromatic nitrogens is 3. The van der Waals surface area contributed by atoms with E-state index in [0.29, 0.717) is 30.3 Å². The van der Waals surface area contributed by atoms with Crippen molar-refractivity contribution in [2.75, 3.05) is 6.54 Å². The van der Waals surface area contributed by atoms with E-state index in [1.807, 2.05) is 38.4 Å². The first-order chi connectivity index (χ1) is 14.9. The van der Waals surface area contributed by atoms with Crippen LogP contribution >= 0.6 is 22.9 Å². The van der Waals surface area contributed by atoms with E-state index in [-0.39, 0.29) is 17.7 Å². The molecule has 1 fully saturated rings. The normalized spacial score (nSPS) is 17.0. The molecule has 1 N–H and O–H groups in total. The third kappa shape index (κ3) is 4.67. The Hall–Kier alpha value is -2.65. The molecule has 1 aliphatic rings. The molecule has 1 aliphatic heterocycles. The zero-order chi connectivity index (χ0) is 22.0. The largest absolute Gasteiger partial charge is 0.350 e. The molecule has 3 aromatic rings. The van der Waals surface area contributed by atoms with E-state index >= 15 is 0 Å². The summed E-state index contributed by atoms with van der Waals surface area (Å²) in [4.78, 5) is 37.4. The number of likely N-dealkylation sites (tertiary alicyclic amines) is 1. The van der Waals surface area contributed by atoms with Crippen molar-refractivity contribution in [3.8, 4) is 10.4 Å². The molecule has 9 heteroatoms. The Morgan fingerprint density at radius 3 is 2.68 bits per heavy atom. The lowest BCUT2D eigenvalue weighted by Crippen LogP contribution is -2.47. The van der Waals surface area contributed by atoms with Gasteiger partial charge in [0.05, 0.1) is 22.0 Å². The molecule has 31 heavy (non-hydrogen) atoms. The standard InChI is InChI=1S/C22H25N5O2S2/c1-13(21-25-15(3)26-31-21)22(29)27-10-4-5-18(27)20(28)23-11-16-6-8-17(9-7-16)19-14(2)24-12-30-19/h6-9,12-13,18H,4-5,10-11H2,1-3H3,(H,23,28). The van der Waals surface area contributed by atoms with Gasteiger partial charge in [-0.1, -0.05) is 24.3 Å². The van der Waals surface area contributed by atoms with Crippen LogP contribution < -0.4 is 5.32 Å². The van der Waals surface area contributed by atoms with E-state index in [2.05, 4.69) is 31.8 Å². The summed E-state index contributed by atoms with van der Waals surface area (Å²) in [6.45, 7) is 6.68. The first kappa shape index (κ1) is 21.6. The summed E-state index contributed by atoms with van der Waals surface area (Å²) in [5.74, 6) is 0.126. The molecule has 2 aromatic heterocycles. The average Bonchev–Trinajstić information content (AvgIpc) is 3.52. The van der Waals surface area contributed by atoms with Gasteiger partial charge >= 0.3 is 0 Å². The molecule has 2 unspecified atom stereocenters. The van der Waals surface area contributed by atoms with Crippen LogP contribution in [0.5, 0.6) is 0 Å². The van der Waals surface area contributed by atoms with Crippen LogP contribution in [0.25, 0.3) is 10.4 Å². The molecule has 0 aliphatic carbocycles. The zero-order valence-corrected chi connectivity index (χ0v) is 19.4. The summed E-state index contributed by atoms with van der Waals surface area (Å²) in [7, 11) is 0. The average molecular weight is 456 g/mol. The van der Waals surface area contributed by atoms with Gasteiger partial charge in [-0.25, -0.2) is 9.97 Å². The summed E-state index contributed by atoms with van der Waals surface area (Å²) < 4.78 is 4.17. The molecule has 1 saturated heterocycles. The van der Waals surface area contributed by atoms with E-state index in [0.717, 1.165) is 28.1 Å². The Kier molecular flexibility index (Phi) is 6.43. The summed E-state index contributed by atoms with van der Waals surface area (Å²) in [5.41, 5.74) is 5.02. The van der Waals surface area contributed by atoms with Crippen molar-refractivity contribution in [1.82, 2.24) is 24.6 Å². The number of amides is 2. The van der Waals surface area contributed by atoms with Crippen molar-refractivity contribution >= 4 is 34.7 Å². The quantitative estimate of drug-likeness (QED) is 0.612. The monoisotopic (exact) mass is 455 g/mol. The number of nitrogens with one attached hydrogen (secondary N) is 1. The summed E-state index contributed by atoms with van der Waals surface area (Å²) in [6.07, 6.45) is 1.51. The zero-order valence-electron chi connectivity index (χ0n) is 17.8. The Labute approximate surface area is 189 Å². The minimum Gasteiger partial charge on any atom is -0.350 e. The first-order valence-corrected chi connectivity index (χ1v) is 12.0. The number of aryl methyl sites for hydroxylation is 2. The summed E-state index contributed by atoms with van der Waals surface area (Å²) >= 11 is 2.87. The highest BCUT2D eigenvalue weighted by molar-refractivity contribution is 7.13. The fourth-order valence-corrected chi connectivity index (χ4v) is 5.32. The molecular formula is C22H25N5O2S2. The summed E-state index contributed by atoms with van der Waals surface area (Å²) in [6, 6.07) is 7.72. The molecule has 0 bridgehead atoms. The maximum absolute atomic E-state index is 13.0. The Morgan fingerprint density at radius 1 is 1.26 bits per heavy atom. The van der Waals surface area contributed by atoms with Gasteiger partial charge in [-0.05, 0) is 56.3 Å². The molecule has 0 spiro atoms. The Balaban J connectivity index is 1.36. The molecule has 2 amide bonds. The molecule has 162 valence electrons. The number of hydrogen-bond donors (Lipinski definition) is 1. The van der Waals surface area contributed by atoms with E-state index in [1.165, 1.54) is 11.5 Å². The lowest BCUT2D eigenvalue weighted by Gasteiger charge is -2.26. The minimum absolute atomic E-state index is 0.0573. The number of carbonyl (C=O) groups excluding carboxylic acids is 2. The van der Waals surface area contributed by atoms with Gasteiger partial charge in [-0.2, -0.15) is 4.37 Å². The number of nitrogens with zero attached hydrogens (tertiary/aromatic N) is 4. The fourth-order valence-electron chi connectivity index (χ4n) is 3.81. The number of hydrogen-bond acceptors (Lipinski definition) is 7. The van der Waals surface area contributed by atoms with Gasteiger partial charge in [0.25, 0.3) is 0 Å². The molecule has 7 nitrogen and oxygen atoms in total. The topological polar surface area (TPSA) is 88.1 Å². The van der Waals surface area contributed by atoms with Crippen LogP contribution in [0.2, 0.25) is 0 Å². The van der Waals surface area contributed by atoms with E-state index in [9.17, 15) is 9.59 Å². The van der Waals surface area contributed by atoms with Gasteiger partial charge in [-0.3, -0.25) is 9.59 Å². The minimum atomic E-state index is -0.428. The van der Waals surface area contributed by atoms with Crippen molar-refractivity contribution in [1.29, 1.82) is 0 Å². The number of thiazole rings is 1. The van der Waals surface area contributed by atoms with Crippen LogP contribution in [0.4, 0.5) is 0 Å². The highest BCUT2D eigenvalue weighted by Gasteiger charge is 2.37. The number of benzene rings is 1. The van der Waals surface area contributed by atoms with E-state index in [4.69, 9.17) is 0 Å². The van der Waals surface area contributed by atoms with Gasteiger partial charge in [0.2, 0.25) is 11.8 Å². The highest BCUT2D eigenvalue weighted by Crippen LogP contribution is 2.28. The molecular weight excluding hydrogens is 430 g/mol. The predicted molar refractivity (Wildman–Crippen MR) is 122 cm³/mol. The van der Waals surface area contributed by atoms with E-state index < -0.39 is 6.04 Å². The SMILES string of the molecule is Cc1nsc(C(C)C(=O)N2CCCC2C(=O)NCc2ccc(-c3scnc3C)cc2)n1. The van der Waals surface area contributed by atoms with Crippen molar-refractivity contribution in [2.24, 2.45) is 0 Å². The van der Waals surface area contributed by atoms with Crippen LogP contribution in [0.15, 0.2) is 29.8 Å². The predicted octanol–water partition coefficient (Wildman–Crippen LogP) is 3.69. The maximum atomic E-state index is 13.0. The van der Waals surface area contributed by atoms with Gasteiger partial charge in [0.15, 0.2) is 0 Å².